The van der Waals surface area contributed by atoms with Crippen molar-refractivity contribution >= 4 is 0 Å². The zero-order valence-electron chi connectivity index (χ0n) is 15.1. The van der Waals surface area contributed by atoms with E-state index in [0.29, 0.717) is 17.2 Å². The fourth-order valence-electron chi connectivity index (χ4n) is 4.60. The summed E-state index contributed by atoms with van der Waals surface area (Å²) in [7, 11) is 5.38. The van der Waals surface area contributed by atoms with E-state index in [-0.39, 0.29) is 18.6 Å². The first-order chi connectivity index (χ1) is 12.7. The van der Waals surface area contributed by atoms with E-state index in [9.17, 15) is 5.11 Å². The van der Waals surface area contributed by atoms with Crippen LogP contribution in [0.1, 0.15) is 22.7 Å². The van der Waals surface area contributed by atoms with Gasteiger partial charge in [0, 0.05) is 29.3 Å². The molecule has 2 aromatic carbocycles. The van der Waals surface area contributed by atoms with Crippen molar-refractivity contribution in [3.63, 3.8) is 0 Å². The second kappa shape index (κ2) is 5.45. The van der Waals surface area contributed by atoms with Gasteiger partial charge >= 0.3 is 0 Å². The Morgan fingerprint density at radius 3 is 2.69 bits per heavy atom. The number of hydrogen-bond acceptors (Lipinski definition) is 6. The lowest BCUT2D eigenvalue weighted by molar-refractivity contribution is 0.171. The number of phenolic OH excluding ortho intramolecular Hbond substituents is 1. The maximum Gasteiger partial charge on any atom is 0.231 e. The smallest absolute Gasteiger partial charge is 0.231 e. The highest BCUT2D eigenvalue weighted by Gasteiger charge is 2.41. The number of methoxy groups -OCH3 is 2. The molecule has 6 heteroatoms. The zero-order valence-corrected chi connectivity index (χ0v) is 15.1. The molecule has 2 aromatic rings. The van der Waals surface area contributed by atoms with Crippen LogP contribution in [-0.4, -0.2) is 44.6 Å². The van der Waals surface area contributed by atoms with Crippen LogP contribution < -0.4 is 18.9 Å². The van der Waals surface area contributed by atoms with Crippen molar-refractivity contribution in [1.29, 1.82) is 0 Å². The number of nitrogens with zero attached hydrogens (tertiary/aromatic N) is 1. The third-order valence-corrected chi connectivity index (χ3v) is 5.83. The van der Waals surface area contributed by atoms with Crippen molar-refractivity contribution < 1.29 is 24.1 Å². The molecule has 2 aliphatic heterocycles. The van der Waals surface area contributed by atoms with Crippen LogP contribution >= 0.6 is 0 Å². The van der Waals surface area contributed by atoms with E-state index in [1.165, 1.54) is 11.1 Å². The summed E-state index contributed by atoms with van der Waals surface area (Å²) in [6.45, 7) is 1.10. The highest BCUT2D eigenvalue weighted by molar-refractivity contribution is 5.88. The molecular formula is C20H21NO5. The topological polar surface area (TPSA) is 60.4 Å². The molecule has 136 valence electrons. The molecular weight excluding hydrogens is 334 g/mol. The fourth-order valence-corrected chi connectivity index (χ4v) is 4.60. The summed E-state index contributed by atoms with van der Waals surface area (Å²) in [6, 6.07) is 3.96. The average Bonchev–Trinajstić information content (AvgIpc) is 3.14. The normalized spacial score (nSPS) is 19.7. The van der Waals surface area contributed by atoms with Gasteiger partial charge in [0.15, 0.2) is 23.0 Å². The van der Waals surface area contributed by atoms with Gasteiger partial charge < -0.3 is 24.1 Å². The van der Waals surface area contributed by atoms with Gasteiger partial charge in [-0.3, -0.25) is 4.90 Å². The Kier molecular flexibility index (Phi) is 3.28. The number of rotatable bonds is 2. The van der Waals surface area contributed by atoms with Crippen LogP contribution in [0.5, 0.6) is 28.7 Å². The van der Waals surface area contributed by atoms with Crippen molar-refractivity contribution in [2.75, 3.05) is 34.6 Å². The van der Waals surface area contributed by atoms with Gasteiger partial charge in [-0.25, -0.2) is 0 Å². The molecule has 0 radical (unpaired) electrons. The molecule has 0 saturated heterocycles. The van der Waals surface area contributed by atoms with E-state index in [0.717, 1.165) is 41.8 Å². The predicted molar refractivity (Wildman–Crippen MR) is 95.5 cm³/mol. The van der Waals surface area contributed by atoms with E-state index in [1.807, 2.05) is 6.07 Å². The molecule has 0 amide bonds. The molecule has 0 aromatic heterocycles. The SMILES string of the molecule is COc1ccc2c(c1O)CC1c3c(c(OC)c4c(c3-2)OCO4)CCN1C. The van der Waals surface area contributed by atoms with Gasteiger partial charge in [0.2, 0.25) is 12.5 Å². The molecule has 1 unspecified atom stereocenters. The summed E-state index contributed by atoms with van der Waals surface area (Å²) < 4.78 is 22.7. The maximum absolute atomic E-state index is 10.8. The minimum Gasteiger partial charge on any atom is -0.504 e. The third kappa shape index (κ3) is 1.85. The summed E-state index contributed by atoms with van der Waals surface area (Å²) in [4.78, 5) is 2.33. The number of likely N-dealkylation sites (N-methyl/N-ethyl adjacent to an activating group) is 1. The largest absolute Gasteiger partial charge is 0.504 e. The minimum absolute atomic E-state index is 0.155. The second-order valence-corrected chi connectivity index (χ2v) is 6.96. The van der Waals surface area contributed by atoms with Gasteiger partial charge in [-0.1, -0.05) is 0 Å². The van der Waals surface area contributed by atoms with Crippen LogP contribution in [0, 0.1) is 0 Å². The number of phenols is 1. The van der Waals surface area contributed by atoms with Crippen LogP contribution in [0.25, 0.3) is 11.1 Å². The number of aromatic hydroxyl groups is 1. The lowest BCUT2D eigenvalue weighted by Crippen LogP contribution is -2.36. The zero-order chi connectivity index (χ0) is 18.0. The number of benzene rings is 2. The Hall–Kier alpha value is -2.60. The van der Waals surface area contributed by atoms with Gasteiger partial charge in [-0.2, -0.15) is 0 Å². The highest BCUT2D eigenvalue weighted by atomic mass is 16.7. The third-order valence-electron chi connectivity index (χ3n) is 5.83. The molecule has 1 aliphatic carbocycles. The summed E-state index contributed by atoms with van der Waals surface area (Å²) in [5.74, 6) is 2.88. The van der Waals surface area contributed by atoms with E-state index in [4.69, 9.17) is 18.9 Å². The van der Waals surface area contributed by atoms with Crippen molar-refractivity contribution in [2.45, 2.75) is 18.9 Å². The molecule has 1 atom stereocenters. The molecule has 2 heterocycles. The van der Waals surface area contributed by atoms with E-state index >= 15 is 0 Å². The quantitative estimate of drug-likeness (QED) is 0.894. The highest BCUT2D eigenvalue weighted by Crippen LogP contribution is 2.59. The standard InChI is InChI=1S/C20H21NO5/c1-21-7-6-11-15-13(21)8-12-10(4-5-14(23-2)17(12)22)16(15)19-20(18(11)24-3)26-9-25-19/h4-5,13,22H,6-9H2,1-3H3. The Morgan fingerprint density at radius 1 is 1.12 bits per heavy atom. The molecule has 1 N–H and O–H groups in total. The molecule has 0 bridgehead atoms. The number of hydrogen-bond donors (Lipinski definition) is 1. The Labute approximate surface area is 151 Å². The van der Waals surface area contributed by atoms with E-state index < -0.39 is 0 Å². The maximum atomic E-state index is 10.8. The number of ether oxygens (including phenoxy) is 4. The van der Waals surface area contributed by atoms with Crippen LogP contribution in [-0.2, 0) is 12.8 Å². The van der Waals surface area contributed by atoms with Crippen molar-refractivity contribution in [3.8, 4) is 39.9 Å². The predicted octanol–water partition coefficient (Wildman–Crippen LogP) is 2.89. The van der Waals surface area contributed by atoms with Gasteiger partial charge in [0.05, 0.1) is 14.2 Å². The Balaban J connectivity index is 1.88. The Bertz CT molecular complexity index is 923. The van der Waals surface area contributed by atoms with Crippen LogP contribution in [0.3, 0.4) is 0 Å². The Morgan fingerprint density at radius 2 is 1.92 bits per heavy atom. The van der Waals surface area contributed by atoms with Gasteiger partial charge in [0.1, 0.15) is 0 Å². The lowest BCUT2D eigenvalue weighted by atomic mass is 9.76. The first kappa shape index (κ1) is 15.6. The molecule has 0 saturated carbocycles. The summed E-state index contributed by atoms with van der Waals surface area (Å²) in [6.07, 6.45) is 1.62. The van der Waals surface area contributed by atoms with Crippen LogP contribution in [0.2, 0.25) is 0 Å². The van der Waals surface area contributed by atoms with E-state index in [2.05, 4.69) is 11.9 Å². The van der Waals surface area contributed by atoms with Crippen molar-refractivity contribution in [1.82, 2.24) is 4.90 Å². The lowest BCUT2D eigenvalue weighted by Gasteiger charge is -2.40. The van der Waals surface area contributed by atoms with Gasteiger partial charge in [0.25, 0.3) is 0 Å². The van der Waals surface area contributed by atoms with Gasteiger partial charge in [-0.05, 0) is 43.1 Å². The molecule has 6 nitrogen and oxygen atoms in total. The second-order valence-electron chi connectivity index (χ2n) is 6.96. The minimum atomic E-state index is 0.155. The van der Waals surface area contributed by atoms with E-state index in [1.54, 1.807) is 20.3 Å². The van der Waals surface area contributed by atoms with Gasteiger partial charge in [-0.15, -0.1) is 0 Å². The molecule has 3 aliphatic rings. The molecule has 0 spiro atoms. The number of fused-ring (bicyclic) bond motifs is 4. The fraction of sp³-hybridized carbons (Fsp3) is 0.400. The van der Waals surface area contributed by atoms with Crippen molar-refractivity contribution in [3.05, 3.63) is 28.8 Å². The molecule has 5 rings (SSSR count). The first-order valence-corrected chi connectivity index (χ1v) is 8.77. The van der Waals surface area contributed by atoms with Crippen LogP contribution in [0.15, 0.2) is 12.1 Å². The summed E-state index contributed by atoms with van der Waals surface area (Å²) in [5.41, 5.74) is 5.32. The molecule has 26 heavy (non-hydrogen) atoms. The summed E-state index contributed by atoms with van der Waals surface area (Å²) >= 11 is 0. The van der Waals surface area contributed by atoms with Crippen LogP contribution in [0.4, 0.5) is 0 Å². The molecule has 0 fully saturated rings. The average molecular weight is 355 g/mol. The van der Waals surface area contributed by atoms with Crippen molar-refractivity contribution in [2.24, 2.45) is 0 Å². The first-order valence-electron chi connectivity index (χ1n) is 8.77. The summed E-state index contributed by atoms with van der Waals surface area (Å²) in [5, 5.41) is 10.8. The monoisotopic (exact) mass is 355 g/mol.